The number of rotatable bonds is 2. The summed E-state index contributed by atoms with van der Waals surface area (Å²) >= 11 is 6.91. The normalized spacial score (nSPS) is 10.6. The van der Waals surface area contributed by atoms with Crippen molar-refractivity contribution in [2.45, 2.75) is 6.92 Å². The summed E-state index contributed by atoms with van der Waals surface area (Å²) in [5, 5.41) is 0. The lowest BCUT2D eigenvalue weighted by Crippen LogP contribution is -1.84. The van der Waals surface area contributed by atoms with Gasteiger partial charge in [-0.15, -0.1) is 0 Å². The molecule has 1 aromatic heterocycles. The van der Waals surface area contributed by atoms with Crippen molar-refractivity contribution in [1.29, 1.82) is 0 Å². The van der Waals surface area contributed by atoms with Gasteiger partial charge in [-0.05, 0) is 61.0 Å². The fraction of sp³-hybridized carbons (Fsp3) is 0.0556. The molecule has 1 heterocycles. The van der Waals surface area contributed by atoms with E-state index in [1.165, 1.54) is 5.56 Å². The highest BCUT2D eigenvalue weighted by molar-refractivity contribution is 9.10. The molecule has 0 aliphatic carbocycles. The Morgan fingerprint density at radius 1 is 0.667 bits per heavy atom. The number of benzene rings is 2. The van der Waals surface area contributed by atoms with Gasteiger partial charge in [0, 0.05) is 21.1 Å². The zero-order valence-electron chi connectivity index (χ0n) is 11.4. The van der Waals surface area contributed by atoms with Crippen LogP contribution in [-0.4, -0.2) is 0 Å². The maximum atomic E-state index is 6.08. The molecule has 3 rings (SSSR count). The number of hydrogen-bond donors (Lipinski definition) is 0. The van der Waals surface area contributed by atoms with Gasteiger partial charge in [0.25, 0.3) is 0 Å². The lowest BCUT2D eigenvalue weighted by Gasteiger charge is -1.98. The maximum absolute atomic E-state index is 6.08. The molecule has 0 spiro atoms. The van der Waals surface area contributed by atoms with Crippen LogP contribution in [0, 0.1) is 6.92 Å². The molecular weight excluding hydrogens is 392 g/mol. The second-order valence-electron chi connectivity index (χ2n) is 4.88. The lowest BCUT2D eigenvalue weighted by atomic mass is 10.1. The monoisotopic (exact) mass is 403 g/mol. The lowest BCUT2D eigenvalue weighted by molar-refractivity contribution is 0.580. The second kappa shape index (κ2) is 6.12. The van der Waals surface area contributed by atoms with Crippen LogP contribution in [0.25, 0.3) is 22.6 Å². The van der Waals surface area contributed by atoms with E-state index in [0.29, 0.717) is 0 Å². The SMILES string of the molecule is Cc1cc(-c2ccc(Br)cc2)[o+]c(-c2ccc(Br)cc2)c1. The predicted octanol–water partition coefficient (Wildman–Crippen LogP) is 6.73. The number of halogens is 2. The second-order valence-corrected chi connectivity index (χ2v) is 6.71. The highest BCUT2D eigenvalue weighted by atomic mass is 79.9. The zero-order chi connectivity index (χ0) is 14.8. The highest BCUT2D eigenvalue weighted by Crippen LogP contribution is 2.29. The van der Waals surface area contributed by atoms with Crippen molar-refractivity contribution < 1.29 is 4.42 Å². The summed E-state index contributed by atoms with van der Waals surface area (Å²) in [4.78, 5) is 0. The molecular formula is C18H13Br2O+. The van der Waals surface area contributed by atoms with Crippen LogP contribution in [0.1, 0.15) is 5.56 Å². The van der Waals surface area contributed by atoms with Gasteiger partial charge >= 0.3 is 11.5 Å². The maximum Gasteiger partial charge on any atom is 0.361 e. The largest absolute Gasteiger partial charge is 0.361 e. The van der Waals surface area contributed by atoms with E-state index in [-0.39, 0.29) is 0 Å². The van der Waals surface area contributed by atoms with Crippen molar-refractivity contribution in [3.63, 3.8) is 0 Å². The van der Waals surface area contributed by atoms with Crippen LogP contribution in [0.3, 0.4) is 0 Å². The minimum Gasteiger partial charge on any atom is -0.207 e. The van der Waals surface area contributed by atoms with Crippen molar-refractivity contribution in [1.82, 2.24) is 0 Å². The van der Waals surface area contributed by atoms with Crippen molar-refractivity contribution in [3.05, 3.63) is 75.2 Å². The first-order chi connectivity index (χ1) is 10.1. The molecule has 0 saturated heterocycles. The van der Waals surface area contributed by atoms with Crippen LogP contribution in [-0.2, 0) is 0 Å². The van der Waals surface area contributed by atoms with Crippen LogP contribution >= 0.6 is 31.9 Å². The fourth-order valence-electron chi connectivity index (χ4n) is 2.15. The molecule has 0 bridgehead atoms. The van der Waals surface area contributed by atoms with E-state index in [0.717, 1.165) is 31.6 Å². The first-order valence-electron chi connectivity index (χ1n) is 6.58. The summed E-state index contributed by atoms with van der Waals surface area (Å²) < 4.78 is 8.20. The van der Waals surface area contributed by atoms with Crippen LogP contribution in [0.4, 0.5) is 0 Å². The molecule has 3 aromatic rings. The summed E-state index contributed by atoms with van der Waals surface area (Å²) in [5.41, 5.74) is 3.32. The van der Waals surface area contributed by atoms with Gasteiger partial charge in [0.2, 0.25) is 0 Å². The predicted molar refractivity (Wildman–Crippen MR) is 94.1 cm³/mol. The van der Waals surface area contributed by atoms with Gasteiger partial charge in [-0.1, -0.05) is 31.9 Å². The summed E-state index contributed by atoms with van der Waals surface area (Å²) in [5.74, 6) is 1.75. The molecule has 0 aliphatic rings. The van der Waals surface area contributed by atoms with Crippen LogP contribution in [0.15, 0.2) is 74.0 Å². The van der Waals surface area contributed by atoms with Gasteiger partial charge in [-0.25, -0.2) is 4.42 Å². The third kappa shape index (κ3) is 3.42. The average molecular weight is 405 g/mol. The Morgan fingerprint density at radius 3 is 1.43 bits per heavy atom. The van der Waals surface area contributed by atoms with Gasteiger partial charge in [0.05, 0.1) is 11.1 Å². The topological polar surface area (TPSA) is 11.3 Å². The van der Waals surface area contributed by atoms with Gasteiger partial charge in [-0.2, -0.15) is 0 Å². The van der Waals surface area contributed by atoms with Gasteiger partial charge in [0.1, 0.15) is 0 Å². The third-order valence-electron chi connectivity index (χ3n) is 3.19. The molecule has 104 valence electrons. The van der Waals surface area contributed by atoms with E-state index in [2.05, 4.69) is 50.9 Å². The molecule has 2 aromatic carbocycles. The van der Waals surface area contributed by atoms with Crippen molar-refractivity contribution in [2.75, 3.05) is 0 Å². The first-order valence-corrected chi connectivity index (χ1v) is 8.17. The van der Waals surface area contributed by atoms with E-state index in [9.17, 15) is 0 Å². The van der Waals surface area contributed by atoms with Gasteiger partial charge in [-0.3, -0.25) is 0 Å². The highest BCUT2D eigenvalue weighted by Gasteiger charge is 2.18. The Bertz CT molecular complexity index is 698. The molecule has 3 heteroatoms. The Kier molecular flexibility index (Phi) is 4.22. The quantitative estimate of drug-likeness (QED) is 0.431. The summed E-state index contributed by atoms with van der Waals surface area (Å²) in [6.07, 6.45) is 0. The molecule has 0 radical (unpaired) electrons. The average Bonchev–Trinajstić information content (AvgIpc) is 2.48. The van der Waals surface area contributed by atoms with Crippen molar-refractivity contribution >= 4 is 31.9 Å². The number of hydrogen-bond acceptors (Lipinski definition) is 0. The Labute approximate surface area is 140 Å². The third-order valence-corrected chi connectivity index (χ3v) is 4.25. The molecule has 0 amide bonds. The molecule has 0 N–H and O–H groups in total. The molecule has 0 fully saturated rings. The minimum atomic E-state index is 0.875. The molecule has 0 aliphatic heterocycles. The van der Waals surface area contributed by atoms with E-state index < -0.39 is 0 Å². The van der Waals surface area contributed by atoms with Crippen LogP contribution < -0.4 is 0 Å². The molecule has 0 unspecified atom stereocenters. The Morgan fingerprint density at radius 2 is 1.05 bits per heavy atom. The summed E-state index contributed by atoms with van der Waals surface area (Å²) in [6.45, 7) is 2.08. The Balaban J connectivity index is 2.07. The minimum absolute atomic E-state index is 0.875. The summed E-state index contributed by atoms with van der Waals surface area (Å²) in [6, 6.07) is 20.4. The van der Waals surface area contributed by atoms with Gasteiger partial charge < -0.3 is 0 Å². The van der Waals surface area contributed by atoms with Crippen molar-refractivity contribution in [2.24, 2.45) is 0 Å². The van der Waals surface area contributed by atoms with E-state index in [1.54, 1.807) is 0 Å². The van der Waals surface area contributed by atoms with E-state index in [1.807, 2.05) is 48.5 Å². The number of aryl methyl sites for hydroxylation is 1. The van der Waals surface area contributed by atoms with E-state index in [4.69, 9.17) is 4.42 Å². The van der Waals surface area contributed by atoms with Crippen LogP contribution in [0.5, 0.6) is 0 Å². The standard InChI is InChI=1S/C18H13Br2O/c1-12-10-17(13-2-6-15(19)7-3-13)21-18(11-12)14-4-8-16(20)9-5-14/h2-11H,1H3/q+1. The fourth-order valence-corrected chi connectivity index (χ4v) is 2.67. The summed E-state index contributed by atoms with van der Waals surface area (Å²) in [7, 11) is 0. The van der Waals surface area contributed by atoms with Crippen molar-refractivity contribution in [3.8, 4) is 22.6 Å². The molecule has 0 saturated carbocycles. The zero-order valence-corrected chi connectivity index (χ0v) is 14.6. The molecule has 1 nitrogen and oxygen atoms in total. The van der Waals surface area contributed by atoms with Crippen LogP contribution in [0.2, 0.25) is 0 Å². The van der Waals surface area contributed by atoms with Gasteiger partial charge in [0.15, 0.2) is 0 Å². The smallest absolute Gasteiger partial charge is 0.207 e. The molecule has 0 atom stereocenters. The Hall–Kier alpha value is -1.45. The van der Waals surface area contributed by atoms with E-state index >= 15 is 0 Å². The first kappa shape index (κ1) is 14.5. The molecule has 21 heavy (non-hydrogen) atoms.